The first-order valence-electron chi connectivity index (χ1n) is 10.7. The molecule has 7 nitrogen and oxygen atoms in total. The third-order valence-electron chi connectivity index (χ3n) is 4.92. The van der Waals surface area contributed by atoms with Crippen LogP contribution in [0.15, 0.2) is 72.8 Å². The van der Waals surface area contributed by atoms with Gasteiger partial charge in [0.15, 0.2) is 12.4 Å². The highest BCUT2D eigenvalue weighted by Gasteiger charge is 2.14. The first kappa shape index (κ1) is 24.4. The van der Waals surface area contributed by atoms with E-state index in [2.05, 4.69) is 5.32 Å². The van der Waals surface area contributed by atoms with Crippen LogP contribution in [0.3, 0.4) is 0 Å². The topological polar surface area (TPSA) is 98.8 Å². The van der Waals surface area contributed by atoms with E-state index < -0.39 is 24.3 Å². The summed E-state index contributed by atoms with van der Waals surface area (Å²) >= 11 is 0. The average molecular weight is 459 g/mol. The summed E-state index contributed by atoms with van der Waals surface area (Å²) in [4.78, 5) is 48.5. The molecule has 3 aromatic rings. The Kier molecular flexibility index (Phi) is 7.92. The van der Waals surface area contributed by atoms with Crippen molar-refractivity contribution in [1.29, 1.82) is 0 Å². The van der Waals surface area contributed by atoms with Gasteiger partial charge < -0.3 is 14.8 Å². The molecule has 0 bridgehead atoms. The molecular weight excluding hydrogens is 434 g/mol. The first-order chi connectivity index (χ1) is 16.2. The van der Waals surface area contributed by atoms with Gasteiger partial charge in [-0.05, 0) is 67.6 Å². The molecule has 0 unspecified atom stereocenters. The quantitative estimate of drug-likeness (QED) is 0.294. The van der Waals surface area contributed by atoms with Gasteiger partial charge in [0.2, 0.25) is 5.91 Å². The van der Waals surface area contributed by atoms with Gasteiger partial charge in [0.25, 0.3) is 0 Å². The maximum Gasteiger partial charge on any atom is 0.343 e. The molecule has 0 saturated carbocycles. The van der Waals surface area contributed by atoms with Gasteiger partial charge in [0.1, 0.15) is 5.75 Å². The number of ether oxygens (including phenoxy) is 2. The molecular formula is C27H25NO6. The fourth-order valence-electron chi connectivity index (χ4n) is 2.84. The molecule has 0 spiro atoms. The van der Waals surface area contributed by atoms with E-state index in [1.165, 1.54) is 36.4 Å². The normalized spacial score (nSPS) is 10.5. The van der Waals surface area contributed by atoms with E-state index in [-0.39, 0.29) is 17.4 Å². The molecule has 0 aromatic heterocycles. The number of hydrogen-bond acceptors (Lipinski definition) is 6. The van der Waals surface area contributed by atoms with Gasteiger partial charge in [-0.1, -0.05) is 31.5 Å². The summed E-state index contributed by atoms with van der Waals surface area (Å²) in [6.45, 7) is 5.05. The second kappa shape index (κ2) is 11.0. The van der Waals surface area contributed by atoms with Crippen molar-refractivity contribution in [2.75, 3.05) is 11.9 Å². The van der Waals surface area contributed by atoms with Crippen LogP contribution < -0.4 is 10.1 Å². The fraction of sp³-hybridized carbons (Fsp3) is 0.185. The SMILES string of the molecule is Cc1ccc(C(=O)Oc2ccc(C(=O)COC(=O)c3ccc(NC(=O)C(C)C)cc3)cc2)cc1. The van der Waals surface area contributed by atoms with E-state index in [0.29, 0.717) is 22.6 Å². The number of aryl methyl sites for hydroxylation is 1. The molecule has 3 rings (SSSR count). The molecule has 1 amide bonds. The zero-order valence-corrected chi connectivity index (χ0v) is 19.2. The third-order valence-corrected chi connectivity index (χ3v) is 4.92. The Bertz CT molecular complexity index is 1180. The van der Waals surface area contributed by atoms with Gasteiger partial charge in [-0.15, -0.1) is 0 Å². The largest absolute Gasteiger partial charge is 0.454 e. The Hall–Kier alpha value is -4.26. The zero-order valence-electron chi connectivity index (χ0n) is 19.2. The molecule has 3 aromatic carbocycles. The lowest BCUT2D eigenvalue weighted by molar-refractivity contribution is -0.118. The number of esters is 2. The van der Waals surface area contributed by atoms with Gasteiger partial charge in [0, 0.05) is 17.2 Å². The van der Waals surface area contributed by atoms with E-state index in [1.54, 1.807) is 38.1 Å². The molecule has 1 N–H and O–H groups in total. The van der Waals surface area contributed by atoms with Crippen molar-refractivity contribution >= 4 is 29.3 Å². The minimum absolute atomic E-state index is 0.128. The number of amides is 1. The van der Waals surface area contributed by atoms with Crippen molar-refractivity contribution < 1.29 is 28.7 Å². The molecule has 0 saturated heterocycles. The molecule has 0 aliphatic carbocycles. The zero-order chi connectivity index (χ0) is 24.7. The summed E-state index contributed by atoms with van der Waals surface area (Å²) < 4.78 is 10.4. The van der Waals surface area contributed by atoms with Crippen LogP contribution in [0.25, 0.3) is 0 Å². The Morgan fingerprint density at radius 3 is 1.85 bits per heavy atom. The minimum Gasteiger partial charge on any atom is -0.454 e. The number of ketones is 1. The Balaban J connectivity index is 1.51. The van der Waals surface area contributed by atoms with E-state index in [0.717, 1.165) is 5.56 Å². The number of rotatable bonds is 8. The average Bonchev–Trinajstić information content (AvgIpc) is 2.83. The summed E-state index contributed by atoms with van der Waals surface area (Å²) in [7, 11) is 0. The second-order valence-electron chi connectivity index (χ2n) is 8.00. The molecule has 0 atom stereocenters. The van der Waals surface area contributed by atoms with Crippen LogP contribution in [0, 0.1) is 12.8 Å². The van der Waals surface area contributed by atoms with E-state index >= 15 is 0 Å². The van der Waals surface area contributed by atoms with E-state index in [4.69, 9.17) is 9.47 Å². The first-order valence-corrected chi connectivity index (χ1v) is 10.7. The van der Waals surface area contributed by atoms with Crippen LogP contribution >= 0.6 is 0 Å². The van der Waals surface area contributed by atoms with Crippen molar-refractivity contribution in [2.45, 2.75) is 20.8 Å². The number of Topliss-reactive ketones (excluding diaryl/α,β-unsaturated/α-hetero) is 1. The number of benzene rings is 3. The highest BCUT2D eigenvalue weighted by molar-refractivity contribution is 6.00. The molecule has 0 aliphatic rings. The van der Waals surface area contributed by atoms with Gasteiger partial charge in [-0.25, -0.2) is 9.59 Å². The van der Waals surface area contributed by atoms with Crippen LogP contribution in [0.4, 0.5) is 5.69 Å². The summed E-state index contributed by atoms with van der Waals surface area (Å²) in [5.74, 6) is -1.54. The lowest BCUT2D eigenvalue weighted by Crippen LogP contribution is -2.18. The maximum atomic E-state index is 12.4. The predicted octanol–water partition coefficient (Wildman–Crippen LogP) is 4.85. The predicted molar refractivity (Wildman–Crippen MR) is 127 cm³/mol. The Morgan fingerprint density at radius 1 is 0.735 bits per heavy atom. The van der Waals surface area contributed by atoms with Crippen LogP contribution in [0.1, 0.15) is 50.5 Å². The Morgan fingerprint density at radius 2 is 1.26 bits per heavy atom. The molecule has 0 radical (unpaired) electrons. The number of hydrogen-bond donors (Lipinski definition) is 1. The van der Waals surface area contributed by atoms with Crippen LogP contribution in [0.5, 0.6) is 5.75 Å². The summed E-state index contributed by atoms with van der Waals surface area (Å²) in [6.07, 6.45) is 0. The second-order valence-corrected chi connectivity index (χ2v) is 8.00. The van der Waals surface area contributed by atoms with Crippen LogP contribution in [0.2, 0.25) is 0 Å². The van der Waals surface area contributed by atoms with Gasteiger partial charge in [-0.2, -0.15) is 0 Å². The van der Waals surface area contributed by atoms with Crippen molar-refractivity contribution in [3.63, 3.8) is 0 Å². The molecule has 34 heavy (non-hydrogen) atoms. The lowest BCUT2D eigenvalue weighted by atomic mass is 10.1. The molecule has 7 heteroatoms. The van der Waals surface area contributed by atoms with Crippen LogP contribution in [-0.2, 0) is 9.53 Å². The summed E-state index contributed by atoms with van der Waals surface area (Å²) in [6, 6.07) is 19.2. The monoisotopic (exact) mass is 459 g/mol. The highest BCUT2D eigenvalue weighted by atomic mass is 16.5. The van der Waals surface area contributed by atoms with Crippen LogP contribution in [-0.4, -0.2) is 30.2 Å². The molecule has 0 heterocycles. The standard InChI is InChI=1S/C27H25NO6/c1-17(2)25(30)28-22-12-8-20(9-13-22)26(31)33-16-24(29)19-10-14-23(15-11-19)34-27(32)21-6-4-18(3)5-7-21/h4-15,17H,16H2,1-3H3,(H,28,30). The van der Waals surface area contributed by atoms with Gasteiger partial charge >= 0.3 is 11.9 Å². The smallest absolute Gasteiger partial charge is 0.343 e. The van der Waals surface area contributed by atoms with Crippen molar-refractivity contribution in [3.8, 4) is 5.75 Å². The van der Waals surface area contributed by atoms with Crippen molar-refractivity contribution in [2.24, 2.45) is 5.92 Å². The fourth-order valence-corrected chi connectivity index (χ4v) is 2.84. The van der Waals surface area contributed by atoms with E-state index in [1.807, 2.05) is 19.1 Å². The maximum absolute atomic E-state index is 12.4. The van der Waals surface area contributed by atoms with Crippen molar-refractivity contribution in [3.05, 3.63) is 95.1 Å². The molecule has 174 valence electrons. The minimum atomic E-state index is -0.654. The molecule has 0 fully saturated rings. The number of carbonyl (C=O) groups is 4. The lowest BCUT2D eigenvalue weighted by Gasteiger charge is -2.09. The number of nitrogens with one attached hydrogen (secondary N) is 1. The van der Waals surface area contributed by atoms with E-state index in [9.17, 15) is 19.2 Å². The number of anilines is 1. The molecule has 0 aliphatic heterocycles. The summed E-state index contributed by atoms with van der Waals surface area (Å²) in [5.41, 5.74) is 2.60. The van der Waals surface area contributed by atoms with Crippen molar-refractivity contribution in [1.82, 2.24) is 0 Å². The number of carbonyl (C=O) groups excluding carboxylic acids is 4. The summed E-state index contributed by atoms with van der Waals surface area (Å²) in [5, 5.41) is 2.73. The van der Waals surface area contributed by atoms with Gasteiger partial charge in [0.05, 0.1) is 11.1 Å². The van der Waals surface area contributed by atoms with Gasteiger partial charge in [-0.3, -0.25) is 9.59 Å². The highest BCUT2D eigenvalue weighted by Crippen LogP contribution is 2.16. The third kappa shape index (κ3) is 6.62. The Labute approximate surface area is 197 Å².